The van der Waals surface area contributed by atoms with Crippen LogP contribution in [0.25, 0.3) is 0 Å². The summed E-state index contributed by atoms with van der Waals surface area (Å²) in [6.07, 6.45) is 6.17. The molecule has 2 aromatic rings. The van der Waals surface area contributed by atoms with Crippen molar-refractivity contribution in [2.75, 3.05) is 25.5 Å². The summed E-state index contributed by atoms with van der Waals surface area (Å²) in [5, 5.41) is 6.69. The lowest BCUT2D eigenvalue weighted by Gasteiger charge is -2.10. The van der Waals surface area contributed by atoms with Crippen LogP contribution in [-0.2, 0) is 6.54 Å². The monoisotopic (exact) mass is 287 g/mol. The summed E-state index contributed by atoms with van der Waals surface area (Å²) in [5.41, 5.74) is 2.13. The van der Waals surface area contributed by atoms with Gasteiger partial charge in [-0.2, -0.15) is 0 Å². The van der Waals surface area contributed by atoms with Crippen molar-refractivity contribution in [1.29, 1.82) is 0 Å². The fourth-order valence-corrected chi connectivity index (χ4v) is 1.97. The third-order valence-electron chi connectivity index (χ3n) is 3.11. The molecule has 0 unspecified atom stereocenters. The van der Waals surface area contributed by atoms with E-state index in [0.29, 0.717) is 5.88 Å². The van der Waals surface area contributed by atoms with E-state index in [9.17, 15) is 0 Å². The molecule has 2 aromatic heterocycles. The van der Waals surface area contributed by atoms with E-state index < -0.39 is 0 Å². The molecule has 6 nitrogen and oxygen atoms in total. The first-order valence-corrected chi connectivity index (χ1v) is 7.00. The van der Waals surface area contributed by atoms with Gasteiger partial charge in [0.25, 0.3) is 0 Å². The predicted molar refractivity (Wildman–Crippen MR) is 82.4 cm³/mol. The highest BCUT2D eigenvalue weighted by Gasteiger charge is 2.05. The van der Waals surface area contributed by atoms with Crippen LogP contribution in [0.4, 0.5) is 5.82 Å². The van der Waals surface area contributed by atoms with Crippen molar-refractivity contribution >= 4 is 5.82 Å². The summed E-state index contributed by atoms with van der Waals surface area (Å²) in [7, 11) is 1.61. The van der Waals surface area contributed by atoms with Crippen LogP contribution in [0.3, 0.4) is 0 Å². The second kappa shape index (κ2) is 8.16. The van der Waals surface area contributed by atoms with Crippen LogP contribution in [0, 0.1) is 6.92 Å². The number of aromatic nitrogens is 3. The number of pyridine rings is 1. The van der Waals surface area contributed by atoms with Crippen molar-refractivity contribution in [2.24, 2.45) is 0 Å². The summed E-state index contributed by atoms with van der Waals surface area (Å²) in [5.74, 6) is 1.44. The Morgan fingerprint density at radius 3 is 2.90 bits per heavy atom. The Morgan fingerprint density at radius 2 is 2.14 bits per heavy atom. The third kappa shape index (κ3) is 4.68. The van der Waals surface area contributed by atoms with Crippen LogP contribution in [0.2, 0.25) is 0 Å². The fourth-order valence-electron chi connectivity index (χ4n) is 1.97. The zero-order chi connectivity index (χ0) is 14.9. The topological polar surface area (TPSA) is 72.0 Å². The van der Waals surface area contributed by atoms with E-state index in [1.807, 2.05) is 19.2 Å². The van der Waals surface area contributed by atoms with Crippen molar-refractivity contribution < 1.29 is 4.74 Å². The Balaban J connectivity index is 1.66. The average molecular weight is 287 g/mol. The highest BCUT2D eigenvalue weighted by Crippen LogP contribution is 2.19. The summed E-state index contributed by atoms with van der Waals surface area (Å²) >= 11 is 0. The van der Waals surface area contributed by atoms with Crippen molar-refractivity contribution in [2.45, 2.75) is 19.9 Å². The van der Waals surface area contributed by atoms with E-state index >= 15 is 0 Å². The van der Waals surface area contributed by atoms with Gasteiger partial charge in [-0.1, -0.05) is 6.07 Å². The molecule has 0 aliphatic heterocycles. The van der Waals surface area contributed by atoms with Gasteiger partial charge in [0, 0.05) is 25.5 Å². The maximum atomic E-state index is 5.17. The smallest absolute Gasteiger partial charge is 0.221 e. The molecule has 0 aliphatic carbocycles. The van der Waals surface area contributed by atoms with Gasteiger partial charge in [0.15, 0.2) is 0 Å². The molecule has 112 valence electrons. The molecule has 0 fully saturated rings. The maximum absolute atomic E-state index is 5.17. The molecular formula is C15H21N5O. The molecule has 2 rings (SSSR count). The zero-order valence-electron chi connectivity index (χ0n) is 12.5. The van der Waals surface area contributed by atoms with E-state index in [4.69, 9.17) is 4.74 Å². The average Bonchev–Trinajstić information content (AvgIpc) is 2.53. The molecule has 6 heteroatoms. The highest BCUT2D eigenvalue weighted by molar-refractivity contribution is 5.47. The first-order chi connectivity index (χ1) is 10.3. The number of hydrogen-bond acceptors (Lipinski definition) is 6. The molecule has 0 aliphatic rings. The van der Waals surface area contributed by atoms with Crippen LogP contribution >= 0.6 is 0 Å². The minimum Gasteiger partial charge on any atom is -0.481 e. The minimum absolute atomic E-state index is 0.613. The van der Waals surface area contributed by atoms with E-state index in [1.54, 1.807) is 13.3 Å². The van der Waals surface area contributed by atoms with Gasteiger partial charge in [-0.3, -0.25) is 4.98 Å². The molecule has 21 heavy (non-hydrogen) atoms. The summed E-state index contributed by atoms with van der Waals surface area (Å²) in [6, 6.07) is 4.01. The van der Waals surface area contributed by atoms with E-state index in [-0.39, 0.29) is 0 Å². The number of nitrogens with zero attached hydrogens (tertiary/aromatic N) is 3. The van der Waals surface area contributed by atoms with Crippen LogP contribution in [-0.4, -0.2) is 35.2 Å². The van der Waals surface area contributed by atoms with Gasteiger partial charge < -0.3 is 15.4 Å². The highest BCUT2D eigenvalue weighted by atomic mass is 16.5. The SMILES string of the molecule is COc1ncnc(NCCCNCc2cccnc2)c1C. The largest absolute Gasteiger partial charge is 0.481 e. The van der Waals surface area contributed by atoms with Gasteiger partial charge in [-0.05, 0) is 31.5 Å². The molecule has 0 bridgehead atoms. The third-order valence-corrected chi connectivity index (χ3v) is 3.11. The summed E-state index contributed by atoms with van der Waals surface area (Å²) < 4.78 is 5.17. The summed E-state index contributed by atoms with van der Waals surface area (Å²) in [6.45, 7) is 4.57. The molecule has 0 amide bonds. The molecule has 0 spiro atoms. The number of anilines is 1. The maximum Gasteiger partial charge on any atom is 0.221 e. The van der Waals surface area contributed by atoms with Gasteiger partial charge in [0.05, 0.1) is 12.7 Å². The van der Waals surface area contributed by atoms with Crippen LogP contribution < -0.4 is 15.4 Å². The number of rotatable bonds is 8. The lowest BCUT2D eigenvalue weighted by atomic mass is 10.3. The molecule has 2 N–H and O–H groups in total. The van der Waals surface area contributed by atoms with E-state index in [1.165, 1.54) is 11.9 Å². The standard InChI is InChI=1S/C15H21N5O/c1-12-14(19-11-20-15(12)21-2)18-8-4-7-17-10-13-5-3-6-16-9-13/h3,5-6,9,11,17H,4,7-8,10H2,1-2H3,(H,18,19,20). The molecular weight excluding hydrogens is 266 g/mol. The Labute approximate surface area is 125 Å². The van der Waals surface area contributed by atoms with Crippen molar-refractivity contribution in [3.05, 3.63) is 42.0 Å². The van der Waals surface area contributed by atoms with Crippen molar-refractivity contribution in [1.82, 2.24) is 20.3 Å². The van der Waals surface area contributed by atoms with Gasteiger partial charge in [-0.15, -0.1) is 0 Å². The molecule has 0 atom stereocenters. The lowest BCUT2D eigenvalue weighted by molar-refractivity contribution is 0.393. The quantitative estimate of drug-likeness (QED) is 0.721. The van der Waals surface area contributed by atoms with Crippen LogP contribution in [0.15, 0.2) is 30.9 Å². The normalized spacial score (nSPS) is 10.4. The number of methoxy groups -OCH3 is 1. The van der Waals surface area contributed by atoms with Gasteiger partial charge in [0.1, 0.15) is 12.1 Å². The molecule has 0 saturated carbocycles. The van der Waals surface area contributed by atoms with Gasteiger partial charge in [-0.25, -0.2) is 9.97 Å². The van der Waals surface area contributed by atoms with Crippen molar-refractivity contribution in [3.8, 4) is 5.88 Å². The van der Waals surface area contributed by atoms with Gasteiger partial charge in [0.2, 0.25) is 5.88 Å². The van der Waals surface area contributed by atoms with E-state index in [2.05, 4.69) is 31.7 Å². The lowest BCUT2D eigenvalue weighted by Crippen LogP contribution is -2.18. The zero-order valence-corrected chi connectivity index (χ0v) is 12.5. The Morgan fingerprint density at radius 1 is 1.24 bits per heavy atom. The minimum atomic E-state index is 0.613. The van der Waals surface area contributed by atoms with E-state index in [0.717, 1.165) is 37.4 Å². The predicted octanol–water partition coefficient (Wildman–Crippen LogP) is 1.78. The first-order valence-electron chi connectivity index (χ1n) is 7.00. The van der Waals surface area contributed by atoms with Crippen LogP contribution in [0.5, 0.6) is 5.88 Å². The molecule has 2 heterocycles. The molecule has 0 radical (unpaired) electrons. The fraction of sp³-hybridized carbons (Fsp3) is 0.400. The van der Waals surface area contributed by atoms with Crippen LogP contribution in [0.1, 0.15) is 17.5 Å². The number of nitrogens with one attached hydrogen (secondary N) is 2. The Hall–Kier alpha value is -2.21. The first kappa shape index (κ1) is 15.2. The molecule has 0 aromatic carbocycles. The number of ether oxygens (including phenoxy) is 1. The second-order valence-corrected chi connectivity index (χ2v) is 4.67. The Bertz CT molecular complexity index is 547. The van der Waals surface area contributed by atoms with Gasteiger partial charge >= 0.3 is 0 Å². The van der Waals surface area contributed by atoms with Crippen molar-refractivity contribution in [3.63, 3.8) is 0 Å². The number of hydrogen-bond donors (Lipinski definition) is 2. The second-order valence-electron chi connectivity index (χ2n) is 4.67. The summed E-state index contributed by atoms with van der Waals surface area (Å²) in [4.78, 5) is 12.4. The Kier molecular flexibility index (Phi) is 5.90. The molecule has 0 saturated heterocycles.